The molecule has 25 heavy (non-hydrogen) atoms. The number of benzene rings is 2. The summed E-state index contributed by atoms with van der Waals surface area (Å²) in [7, 11) is 0. The Morgan fingerprint density at radius 1 is 1.16 bits per heavy atom. The van der Waals surface area contributed by atoms with E-state index in [9.17, 15) is 24.1 Å². The Balaban J connectivity index is 2.15. The van der Waals surface area contributed by atoms with Crippen molar-refractivity contribution in [3.05, 3.63) is 69.5 Å². The summed E-state index contributed by atoms with van der Waals surface area (Å²) in [4.78, 5) is 35.2. The average molecular weight is 363 g/mol. The van der Waals surface area contributed by atoms with Crippen LogP contribution in [-0.2, 0) is 4.74 Å². The molecule has 0 radical (unpaired) electrons. The first-order valence-electron chi connectivity index (χ1n) is 7.16. The number of hydrogen-bond acceptors (Lipinski definition) is 6. The lowest BCUT2D eigenvalue weighted by atomic mass is 10.1. The Kier molecular flexibility index (Phi) is 5.87. The summed E-state index contributed by atoms with van der Waals surface area (Å²) in [6.07, 6.45) is 0.571. The van der Waals surface area contributed by atoms with E-state index in [2.05, 4.69) is 0 Å². The minimum Gasteiger partial charge on any atom is -0.451 e. The number of thioether (sulfide) groups is 1. The highest BCUT2D eigenvalue weighted by atomic mass is 32.2. The molecule has 130 valence electrons. The largest absolute Gasteiger partial charge is 0.451 e. The highest BCUT2D eigenvalue weighted by molar-refractivity contribution is 7.98. The molecule has 0 aromatic heterocycles. The Bertz CT molecular complexity index is 822. The summed E-state index contributed by atoms with van der Waals surface area (Å²) in [6, 6.07) is 8.81. The van der Waals surface area contributed by atoms with Gasteiger partial charge in [0.15, 0.2) is 6.10 Å². The van der Waals surface area contributed by atoms with Crippen LogP contribution in [0, 0.1) is 15.9 Å². The molecule has 0 spiro atoms. The van der Waals surface area contributed by atoms with Crippen molar-refractivity contribution >= 4 is 29.2 Å². The second kappa shape index (κ2) is 7.89. The number of ether oxygens (including phenoxy) is 1. The summed E-state index contributed by atoms with van der Waals surface area (Å²) < 4.78 is 18.0. The van der Waals surface area contributed by atoms with Crippen LogP contribution in [0.2, 0.25) is 0 Å². The van der Waals surface area contributed by atoms with Crippen LogP contribution in [0.25, 0.3) is 0 Å². The molecule has 6 nitrogen and oxygen atoms in total. The van der Waals surface area contributed by atoms with Gasteiger partial charge in [-0.05, 0) is 49.6 Å². The molecule has 0 aliphatic carbocycles. The molecule has 2 rings (SSSR count). The third kappa shape index (κ3) is 4.42. The Hall–Kier alpha value is -2.74. The molecule has 0 unspecified atom stereocenters. The fraction of sp³-hybridized carbons (Fsp3) is 0.176. The third-order valence-corrected chi connectivity index (χ3v) is 4.18. The number of hydrogen-bond donors (Lipinski definition) is 0. The van der Waals surface area contributed by atoms with E-state index in [0.717, 1.165) is 18.2 Å². The highest BCUT2D eigenvalue weighted by Crippen LogP contribution is 2.28. The van der Waals surface area contributed by atoms with Gasteiger partial charge >= 0.3 is 5.97 Å². The Labute approximate surface area is 147 Å². The quantitative estimate of drug-likeness (QED) is 0.254. The molecule has 2 aromatic carbocycles. The summed E-state index contributed by atoms with van der Waals surface area (Å²) in [5.41, 5.74) is -0.0341. The molecular weight excluding hydrogens is 349 g/mol. The number of rotatable bonds is 6. The van der Waals surface area contributed by atoms with E-state index in [0.29, 0.717) is 4.90 Å². The van der Waals surface area contributed by atoms with Crippen molar-refractivity contribution in [1.82, 2.24) is 0 Å². The molecule has 8 heteroatoms. The fourth-order valence-electron chi connectivity index (χ4n) is 2.09. The van der Waals surface area contributed by atoms with Crippen molar-refractivity contribution in [1.29, 1.82) is 0 Å². The molecule has 0 amide bonds. The fourth-order valence-corrected chi connectivity index (χ4v) is 2.64. The highest BCUT2D eigenvalue weighted by Gasteiger charge is 2.23. The number of halogens is 1. The summed E-state index contributed by atoms with van der Waals surface area (Å²) in [5.74, 6) is -1.83. The first-order chi connectivity index (χ1) is 11.8. The average Bonchev–Trinajstić information content (AvgIpc) is 2.60. The lowest BCUT2D eigenvalue weighted by Gasteiger charge is -2.12. The first kappa shape index (κ1) is 18.6. The normalized spacial score (nSPS) is 11.6. The monoisotopic (exact) mass is 363 g/mol. The molecule has 0 aliphatic rings. The van der Waals surface area contributed by atoms with Crippen LogP contribution in [0.4, 0.5) is 10.1 Å². The smallest absolute Gasteiger partial charge is 0.339 e. The van der Waals surface area contributed by atoms with Gasteiger partial charge in [0.25, 0.3) is 5.69 Å². The molecule has 0 saturated heterocycles. The third-order valence-electron chi connectivity index (χ3n) is 3.39. The van der Waals surface area contributed by atoms with Crippen LogP contribution in [0.3, 0.4) is 0 Å². The van der Waals surface area contributed by atoms with Crippen LogP contribution in [0.5, 0.6) is 0 Å². The molecule has 0 heterocycles. The zero-order chi connectivity index (χ0) is 18.6. The van der Waals surface area contributed by atoms with E-state index in [4.69, 9.17) is 4.74 Å². The van der Waals surface area contributed by atoms with Crippen LogP contribution in [0.1, 0.15) is 27.6 Å². The first-order valence-corrected chi connectivity index (χ1v) is 8.39. The number of nitro groups is 1. The topological polar surface area (TPSA) is 86.5 Å². The van der Waals surface area contributed by atoms with Gasteiger partial charge in [0, 0.05) is 11.6 Å². The molecule has 1 atom stereocenters. The summed E-state index contributed by atoms with van der Waals surface area (Å²) in [5, 5.41) is 11.1. The van der Waals surface area contributed by atoms with E-state index >= 15 is 0 Å². The molecule has 0 saturated carbocycles. The maximum Gasteiger partial charge on any atom is 0.339 e. The molecule has 0 N–H and O–H groups in total. The van der Waals surface area contributed by atoms with Crippen molar-refractivity contribution in [3.63, 3.8) is 0 Å². The second-order valence-corrected chi connectivity index (χ2v) is 5.91. The Morgan fingerprint density at radius 3 is 2.32 bits per heavy atom. The molecular formula is C17H14FNO5S. The number of esters is 1. The number of nitrogens with zero attached hydrogens (tertiary/aromatic N) is 1. The number of nitro benzene ring substituents is 1. The SMILES string of the molecule is CSc1ccc(C(=O)O[C@H](C)C(=O)c2ccc(F)cc2)cc1[N+](=O)[O-]. The van der Waals surface area contributed by atoms with Gasteiger partial charge in [0.1, 0.15) is 5.82 Å². The van der Waals surface area contributed by atoms with Gasteiger partial charge in [-0.25, -0.2) is 9.18 Å². The van der Waals surface area contributed by atoms with E-state index in [-0.39, 0.29) is 16.8 Å². The van der Waals surface area contributed by atoms with Gasteiger partial charge in [0.2, 0.25) is 5.78 Å². The van der Waals surface area contributed by atoms with Crippen LogP contribution >= 0.6 is 11.8 Å². The van der Waals surface area contributed by atoms with E-state index in [1.54, 1.807) is 6.26 Å². The van der Waals surface area contributed by atoms with E-state index in [1.165, 1.54) is 43.0 Å². The van der Waals surface area contributed by atoms with Crippen molar-refractivity contribution in [3.8, 4) is 0 Å². The predicted molar refractivity (Wildman–Crippen MR) is 90.5 cm³/mol. The lowest BCUT2D eigenvalue weighted by molar-refractivity contribution is -0.387. The van der Waals surface area contributed by atoms with Crippen LogP contribution < -0.4 is 0 Å². The minimum atomic E-state index is -1.11. The standard InChI is InChI=1S/C17H14FNO5S/c1-10(16(20)11-3-6-13(18)7-4-11)24-17(21)12-5-8-15(25-2)14(9-12)19(22)23/h3-10H,1-2H3/t10-/m1/s1. The van der Waals surface area contributed by atoms with Crippen molar-refractivity contribution in [2.45, 2.75) is 17.9 Å². The van der Waals surface area contributed by atoms with Gasteiger partial charge in [0.05, 0.1) is 15.4 Å². The molecule has 0 fully saturated rings. The number of carbonyl (C=O) groups is 2. The zero-order valence-corrected chi connectivity index (χ0v) is 14.2. The van der Waals surface area contributed by atoms with Gasteiger partial charge in [-0.2, -0.15) is 0 Å². The lowest BCUT2D eigenvalue weighted by Crippen LogP contribution is -2.24. The van der Waals surface area contributed by atoms with Gasteiger partial charge < -0.3 is 4.74 Å². The van der Waals surface area contributed by atoms with Crippen LogP contribution in [-0.4, -0.2) is 29.0 Å². The zero-order valence-electron chi connectivity index (χ0n) is 13.4. The molecule has 0 bridgehead atoms. The van der Waals surface area contributed by atoms with E-state index < -0.39 is 28.6 Å². The minimum absolute atomic E-state index is 0.0248. The van der Waals surface area contributed by atoms with Gasteiger partial charge in [-0.15, -0.1) is 11.8 Å². The molecule has 2 aromatic rings. The summed E-state index contributed by atoms with van der Waals surface area (Å²) >= 11 is 1.18. The predicted octanol–water partition coefficient (Wildman–Crippen LogP) is 3.88. The maximum absolute atomic E-state index is 12.9. The number of carbonyl (C=O) groups excluding carboxylic acids is 2. The van der Waals surface area contributed by atoms with Gasteiger partial charge in [-0.1, -0.05) is 0 Å². The second-order valence-electron chi connectivity index (χ2n) is 5.06. The van der Waals surface area contributed by atoms with Crippen molar-refractivity contribution in [2.24, 2.45) is 0 Å². The summed E-state index contributed by atoms with van der Waals surface area (Å²) in [6.45, 7) is 1.38. The number of ketones is 1. The van der Waals surface area contributed by atoms with E-state index in [1.807, 2.05) is 0 Å². The molecule has 0 aliphatic heterocycles. The number of Topliss-reactive ketones (excluding diaryl/α,β-unsaturated/α-hetero) is 1. The Morgan fingerprint density at radius 2 is 1.76 bits per heavy atom. The van der Waals surface area contributed by atoms with Gasteiger partial charge in [-0.3, -0.25) is 14.9 Å². The van der Waals surface area contributed by atoms with Crippen LogP contribution in [0.15, 0.2) is 47.4 Å². The maximum atomic E-state index is 12.9. The van der Waals surface area contributed by atoms with Crippen molar-refractivity contribution in [2.75, 3.05) is 6.26 Å². The van der Waals surface area contributed by atoms with Crippen molar-refractivity contribution < 1.29 is 23.6 Å².